The Morgan fingerprint density at radius 2 is 1.67 bits per heavy atom. The van der Waals surface area contributed by atoms with Crippen molar-refractivity contribution in [1.29, 1.82) is 0 Å². The van der Waals surface area contributed by atoms with Gasteiger partial charge in [0.05, 0.1) is 0 Å². The third kappa shape index (κ3) is 3.96. The Hall–Kier alpha value is -0.0800. The molecule has 2 heteroatoms. The van der Waals surface area contributed by atoms with Gasteiger partial charge in [0.2, 0.25) is 0 Å². The Morgan fingerprint density at radius 3 is 2.22 bits per heavy atom. The van der Waals surface area contributed by atoms with E-state index in [9.17, 15) is 0 Å². The Kier molecular flexibility index (Phi) is 5.08. The summed E-state index contributed by atoms with van der Waals surface area (Å²) in [6, 6.07) is 0. The molecule has 2 rings (SSSR count). The minimum Gasteiger partial charge on any atom is -0.309 e. The maximum atomic E-state index is 2.70. The normalized spacial score (nSPS) is 26.0. The first-order valence-electron chi connectivity index (χ1n) is 7.97. The highest BCUT2D eigenvalue weighted by Gasteiger charge is 2.36. The maximum absolute atomic E-state index is 2.70. The maximum Gasteiger partial charge on any atom is -0.000654 e. The van der Waals surface area contributed by atoms with Crippen LogP contribution in [-0.4, -0.2) is 50.1 Å². The standard InChI is InChI=1S/C16H32N2/c1-15-5-7-16(8-6-15)9-13-18(14-10-16)12-4-11-17(2)3/h15H,4-14H2,1-3H3. The van der Waals surface area contributed by atoms with Crippen LogP contribution < -0.4 is 0 Å². The molecule has 1 saturated heterocycles. The van der Waals surface area contributed by atoms with Gasteiger partial charge in [0, 0.05) is 0 Å². The van der Waals surface area contributed by atoms with E-state index >= 15 is 0 Å². The first kappa shape index (κ1) is 14.3. The summed E-state index contributed by atoms with van der Waals surface area (Å²) in [5, 5.41) is 0. The summed E-state index contributed by atoms with van der Waals surface area (Å²) in [6.45, 7) is 7.71. The van der Waals surface area contributed by atoms with E-state index in [0.717, 1.165) is 11.3 Å². The number of rotatable bonds is 4. The van der Waals surface area contributed by atoms with E-state index in [-0.39, 0.29) is 0 Å². The Morgan fingerprint density at radius 1 is 1.06 bits per heavy atom. The molecule has 0 N–H and O–H groups in total. The van der Waals surface area contributed by atoms with E-state index in [1.165, 1.54) is 71.1 Å². The molecule has 0 atom stereocenters. The molecule has 1 aliphatic heterocycles. The summed E-state index contributed by atoms with van der Waals surface area (Å²) < 4.78 is 0. The average Bonchev–Trinajstić information content (AvgIpc) is 2.35. The molecule has 0 bridgehead atoms. The van der Waals surface area contributed by atoms with Crippen LogP contribution in [0.25, 0.3) is 0 Å². The molecule has 1 spiro atoms. The van der Waals surface area contributed by atoms with Gasteiger partial charge in [0.15, 0.2) is 0 Å². The largest absolute Gasteiger partial charge is 0.309 e. The second kappa shape index (κ2) is 6.38. The van der Waals surface area contributed by atoms with Crippen LogP contribution in [0.3, 0.4) is 0 Å². The predicted molar refractivity (Wildman–Crippen MR) is 78.9 cm³/mol. The fourth-order valence-corrected chi connectivity index (χ4v) is 3.74. The highest BCUT2D eigenvalue weighted by atomic mass is 15.1. The first-order chi connectivity index (χ1) is 8.60. The van der Waals surface area contributed by atoms with Crippen molar-refractivity contribution in [3.8, 4) is 0 Å². The summed E-state index contributed by atoms with van der Waals surface area (Å²) in [6.07, 6.45) is 10.3. The van der Waals surface area contributed by atoms with Crippen LogP contribution in [0, 0.1) is 11.3 Å². The molecule has 0 aromatic heterocycles. The zero-order valence-corrected chi connectivity index (χ0v) is 12.7. The number of hydrogen-bond donors (Lipinski definition) is 0. The van der Waals surface area contributed by atoms with Crippen molar-refractivity contribution in [1.82, 2.24) is 9.80 Å². The van der Waals surface area contributed by atoms with Crippen molar-refractivity contribution in [3.05, 3.63) is 0 Å². The third-order valence-electron chi connectivity index (χ3n) is 5.33. The molecule has 1 heterocycles. The van der Waals surface area contributed by atoms with Crippen LogP contribution >= 0.6 is 0 Å². The van der Waals surface area contributed by atoms with Crippen molar-refractivity contribution >= 4 is 0 Å². The Bertz CT molecular complexity index is 231. The molecular weight excluding hydrogens is 220 g/mol. The van der Waals surface area contributed by atoms with Gasteiger partial charge in [-0.15, -0.1) is 0 Å². The van der Waals surface area contributed by atoms with Crippen LogP contribution in [0.15, 0.2) is 0 Å². The molecular formula is C16H32N2. The van der Waals surface area contributed by atoms with E-state index in [4.69, 9.17) is 0 Å². The Labute approximate surface area is 114 Å². The smallest absolute Gasteiger partial charge is 0.000654 e. The van der Waals surface area contributed by atoms with Crippen LogP contribution in [0.5, 0.6) is 0 Å². The topological polar surface area (TPSA) is 6.48 Å². The molecule has 0 radical (unpaired) electrons. The fraction of sp³-hybridized carbons (Fsp3) is 1.00. The molecule has 1 aliphatic carbocycles. The SMILES string of the molecule is CC1CCC2(CC1)CCN(CCCN(C)C)CC2. The van der Waals surface area contributed by atoms with Gasteiger partial charge in [-0.25, -0.2) is 0 Å². The van der Waals surface area contributed by atoms with Gasteiger partial charge in [0.25, 0.3) is 0 Å². The molecule has 2 fully saturated rings. The van der Waals surface area contributed by atoms with Gasteiger partial charge in [-0.2, -0.15) is 0 Å². The number of nitrogens with zero attached hydrogens (tertiary/aromatic N) is 2. The zero-order chi connectivity index (χ0) is 13.0. The predicted octanol–water partition coefficient (Wildman–Crippen LogP) is 3.23. The molecule has 0 aromatic rings. The van der Waals surface area contributed by atoms with Gasteiger partial charge in [-0.05, 0) is 83.7 Å². The monoisotopic (exact) mass is 252 g/mol. The molecule has 0 unspecified atom stereocenters. The molecule has 1 saturated carbocycles. The second-order valence-electron chi connectivity index (χ2n) is 7.18. The number of likely N-dealkylation sites (tertiary alicyclic amines) is 1. The van der Waals surface area contributed by atoms with Crippen molar-refractivity contribution in [3.63, 3.8) is 0 Å². The van der Waals surface area contributed by atoms with Crippen LogP contribution in [0.4, 0.5) is 0 Å². The van der Waals surface area contributed by atoms with Gasteiger partial charge in [-0.3, -0.25) is 0 Å². The quantitative estimate of drug-likeness (QED) is 0.758. The Balaban J connectivity index is 1.68. The molecule has 2 nitrogen and oxygen atoms in total. The summed E-state index contributed by atoms with van der Waals surface area (Å²) >= 11 is 0. The van der Waals surface area contributed by atoms with E-state index in [0.29, 0.717) is 0 Å². The van der Waals surface area contributed by atoms with Gasteiger partial charge in [0.1, 0.15) is 0 Å². The highest BCUT2D eigenvalue weighted by molar-refractivity contribution is 4.89. The van der Waals surface area contributed by atoms with E-state index in [1.54, 1.807) is 0 Å². The van der Waals surface area contributed by atoms with E-state index in [2.05, 4.69) is 30.8 Å². The first-order valence-corrected chi connectivity index (χ1v) is 7.97. The lowest BCUT2D eigenvalue weighted by molar-refractivity contribution is 0.0537. The summed E-state index contributed by atoms with van der Waals surface area (Å²) in [5.74, 6) is 0.994. The van der Waals surface area contributed by atoms with Gasteiger partial charge in [-0.1, -0.05) is 19.8 Å². The minimum absolute atomic E-state index is 0.755. The van der Waals surface area contributed by atoms with Crippen LogP contribution in [0.2, 0.25) is 0 Å². The number of piperidine rings is 1. The lowest BCUT2D eigenvalue weighted by Gasteiger charge is -2.45. The van der Waals surface area contributed by atoms with E-state index < -0.39 is 0 Å². The third-order valence-corrected chi connectivity index (χ3v) is 5.33. The molecule has 106 valence electrons. The lowest BCUT2D eigenvalue weighted by atomic mass is 9.66. The summed E-state index contributed by atoms with van der Waals surface area (Å²) in [4.78, 5) is 5.00. The molecule has 0 amide bonds. The van der Waals surface area contributed by atoms with Crippen LogP contribution in [-0.2, 0) is 0 Å². The van der Waals surface area contributed by atoms with Crippen LogP contribution in [0.1, 0.15) is 51.9 Å². The minimum atomic E-state index is 0.755. The molecule has 2 aliphatic rings. The average molecular weight is 252 g/mol. The van der Waals surface area contributed by atoms with Crippen molar-refractivity contribution in [2.75, 3.05) is 40.3 Å². The van der Waals surface area contributed by atoms with Crippen molar-refractivity contribution in [2.24, 2.45) is 11.3 Å². The lowest BCUT2D eigenvalue weighted by Crippen LogP contribution is -2.42. The highest BCUT2D eigenvalue weighted by Crippen LogP contribution is 2.46. The fourth-order valence-electron chi connectivity index (χ4n) is 3.74. The molecule has 0 aromatic carbocycles. The number of hydrogen-bond acceptors (Lipinski definition) is 2. The molecule has 18 heavy (non-hydrogen) atoms. The summed E-state index contributed by atoms with van der Waals surface area (Å²) in [7, 11) is 4.35. The van der Waals surface area contributed by atoms with Crippen molar-refractivity contribution < 1.29 is 0 Å². The van der Waals surface area contributed by atoms with E-state index in [1.807, 2.05) is 0 Å². The zero-order valence-electron chi connectivity index (χ0n) is 12.7. The second-order valence-corrected chi connectivity index (χ2v) is 7.18. The van der Waals surface area contributed by atoms with Crippen molar-refractivity contribution in [2.45, 2.75) is 51.9 Å². The van der Waals surface area contributed by atoms with Gasteiger partial charge < -0.3 is 9.80 Å². The summed E-state index contributed by atoms with van der Waals surface area (Å²) in [5.41, 5.74) is 0.755. The van der Waals surface area contributed by atoms with Gasteiger partial charge >= 0.3 is 0 Å².